The number of aromatic carboxylic acids is 1. The third kappa shape index (κ3) is 2.75. The van der Waals surface area contributed by atoms with E-state index in [1.165, 1.54) is 30.5 Å². The number of pyridine rings is 1. The monoisotopic (exact) mass is 267 g/mol. The molecule has 0 saturated carbocycles. The highest BCUT2D eigenvalue weighted by atomic mass is 35.5. The first-order valence-electron chi connectivity index (χ1n) is 4.88. The van der Waals surface area contributed by atoms with Crippen LogP contribution < -0.4 is 4.74 Å². The van der Waals surface area contributed by atoms with Gasteiger partial charge in [-0.05, 0) is 18.2 Å². The van der Waals surface area contributed by atoms with Crippen LogP contribution >= 0.6 is 11.6 Å². The number of halogens is 2. The van der Waals surface area contributed by atoms with E-state index in [2.05, 4.69) is 4.98 Å². The van der Waals surface area contributed by atoms with Crippen molar-refractivity contribution in [3.05, 3.63) is 53.1 Å². The summed E-state index contributed by atoms with van der Waals surface area (Å²) in [6.45, 7) is 0. The van der Waals surface area contributed by atoms with Gasteiger partial charge >= 0.3 is 5.97 Å². The molecule has 0 aliphatic heterocycles. The fourth-order valence-corrected chi connectivity index (χ4v) is 1.39. The van der Waals surface area contributed by atoms with Gasteiger partial charge in [0.1, 0.15) is 17.3 Å². The molecular weight excluding hydrogens is 261 g/mol. The van der Waals surface area contributed by atoms with Crippen LogP contribution in [0.3, 0.4) is 0 Å². The van der Waals surface area contributed by atoms with Crippen LogP contribution in [0.25, 0.3) is 0 Å². The van der Waals surface area contributed by atoms with Gasteiger partial charge in [-0.15, -0.1) is 0 Å². The Morgan fingerprint density at radius 2 is 2.00 bits per heavy atom. The first-order valence-corrected chi connectivity index (χ1v) is 5.26. The van der Waals surface area contributed by atoms with Gasteiger partial charge in [0.25, 0.3) is 0 Å². The van der Waals surface area contributed by atoms with E-state index in [1.54, 1.807) is 0 Å². The number of carbonyl (C=O) groups is 1. The Kier molecular flexibility index (Phi) is 3.43. The molecule has 1 N–H and O–H groups in total. The van der Waals surface area contributed by atoms with Crippen LogP contribution in [0.2, 0.25) is 5.02 Å². The van der Waals surface area contributed by atoms with Crippen molar-refractivity contribution in [3.63, 3.8) is 0 Å². The molecule has 1 aromatic heterocycles. The van der Waals surface area contributed by atoms with Crippen molar-refractivity contribution < 1.29 is 19.0 Å². The van der Waals surface area contributed by atoms with E-state index in [-0.39, 0.29) is 22.2 Å². The third-order valence-corrected chi connectivity index (χ3v) is 2.38. The molecule has 0 aliphatic rings. The largest absolute Gasteiger partial charge is 0.477 e. The summed E-state index contributed by atoms with van der Waals surface area (Å²) in [5.74, 6) is -1.30. The highest BCUT2D eigenvalue weighted by Crippen LogP contribution is 2.25. The summed E-state index contributed by atoms with van der Waals surface area (Å²) < 4.78 is 18.5. The molecule has 0 unspecified atom stereocenters. The number of hydrogen-bond acceptors (Lipinski definition) is 3. The first-order chi connectivity index (χ1) is 8.56. The number of aromatic nitrogens is 1. The zero-order valence-corrected chi connectivity index (χ0v) is 9.69. The molecule has 0 saturated heterocycles. The molecular formula is C12H7ClFNO3. The van der Waals surface area contributed by atoms with Gasteiger partial charge in [0.05, 0.1) is 5.02 Å². The highest BCUT2D eigenvalue weighted by Gasteiger charge is 2.07. The van der Waals surface area contributed by atoms with Gasteiger partial charge in [-0.1, -0.05) is 11.6 Å². The lowest BCUT2D eigenvalue weighted by Gasteiger charge is -2.06. The minimum Gasteiger partial charge on any atom is -0.477 e. The maximum Gasteiger partial charge on any atom is 0.354 e. The number of ether oxygens (including phenoxy) is 1. The zero-order chi connectivity index (χ0) is 13.1. The summed E-state index contributed by atoms with van der Waals surface area (Å²) in [5, 5.41) is 8.75. The fraction of sp³-hybridized carbons (Fsp3) is 0. The van der Waals surface area contributed by atoms with Gasteiger partial charge in [0.15, 0.2) is 5.69 Å². The summed E-state index contributed by atoms with van der Waals surface area (Å²) in [6, 6.07) is 6.66. The number of nitrogens with zero attached hydrogens (tertiary/aromatic N) is 1. The molecule has 1 heterocycles. The third-order valence-electron chi connectivity index (χ3n) is 2.08. The Labute approximate surface area is 107 Å². The van der Waals surface area contributed by atoms with Gasteiger partial charge < -0.3 is 9.84 Å². The van der Waals surface area contributed by atoms with Crippen molar-refractivity contribution >= 4 is 17.6 Å². The van der Waals surface area contributed by atoms with Gasteiger partial charge in [0.2, 0.25) is 0 Å². The number of carboxylic acid groups (broad SMARTS) is 1. The molecule has 18 heavy (non-hydrogen) atoms. The second-order valence-corrected chi connectivity index (χ2v) is 3.77. The molecule has 0 aliphatic carbocycles. The summed E-state index contributed by atoms with van der Waals surface area (Å²) >= 11 is 5.53. The van der Waals surface area contributed by atoms with Crippen LogP contribution in [-0.2, 0) is 0 Å². The van der Waals surface area contributed by atoms with Crippen molar-refractivity contribution in [1.29, 1.82) is 0 Å². The molecule has 0 fully saturated rings. The van der Waals surface area contributed by atoms with Gasteiger partial charge in [-0.3, -0.25) is 0 Å². The minimum absolute atomic E-state index is 0.0108. The molecule has 0 bridgehead atoms. The minimum atomic E-state index is -1.16. The van der Waals surface area contributed by atoms with Crippen LogP contribution in [0.1, 0.15) is 10.5 Å². The zero-order valence-electron chi connectivity index (χ0n) is 8.93. The van der Waals surface area contributed by atoms with E-state index < -0.39 is 11.8 Å². The van der Waals surface area contributed by atoms with Crippen molar-refractivity contribution in [2.24, 2.45) is 0 Å². The molecule has 0 amide bonds. The second-order valence-electron chi connectivity index (χ2n) is 3.36. The maximum absolute atomic E-state index is 13.2. The second kappa shape index (κ2) is 5.01. The van der Waals surface area contributed by atoms with Crippen molar-refractivity contribution in [3.8, 4) is 11.5 Å². The Morgan fingerprint density at radius 1 is 1.28 bits per heavy atom. The fourth-order valence-electron chi connectivity index (χ4n) is 1.27. The lowest BCUT2D eigenvalue weighted by molar-refractivity contribution is 0.0690. The summed E-state index contributed by atoms with van der Waals surface area (Å²) in [5.41, 5.74) is -0.151. The predicted molar refractivity (Wildman–Crippen MR) is 62.7 cm³/mol. The van der Waals surface area contributed by atoms with E-state index >= 15 is 0 Å². The van der Waals surface area contributed by atoms with Crippen molar-refractivity contribution in [2.75, 3.05) is 0 Å². The number of benzene rings is 1. The predicted octanol–water partition coefficient (Wildman–Crippen LogP) is 3.36. The Hall–Kier alpha value is -2.14. The Morgan fingerprint density at radius 3 is 2.67 bits per heavy atom. The lowest BCUT2D eigenvalue weighted by atomic mass is 10.3. The van der Waals surface area contributed by atoms with E-state index in [9.17, 15) is 9.18 Å². The molecule has 0 atom stereocenters. The summed E-state index contributed by atoms with van der Waals surface area (Å²) in [6.07, 6.45) is 1.30. The Balaban J connectivity index is 2.25. The van der Waals surface area contributed by atoms with Gasteiger partial charge in [-0.2, -0.15) is 0 Å². The van der Waals surface area contributed by atoms with Crippen LogP contribution in [0.15, 0.2) is 36.5 Å². The summed E-state index contributed by atoms with van der Waals surface area (Å²) in [7, 11) is 0. The maximum atomic E-state index is 13.2. The quantitative estimate of drug-likeness (QED) is 0.926. The normalized spacial score (nSPS) is 10.1. The van der Waals surface area contributed by atoms with Crippen molar-refractivity contribution in [2.45, 2.75) is 0 Å². The van der Waals surface area contributed by atoms with Gasteiger partial charge in [-0.25, -0.2) is 14.2 Å². The van der Waals surface area contributed by atoms with Gasteiger partial charge in [0, 0.05) is 18.3 Å². The average Bonchev–Trinajstić information content (AvgIpc) is 2.34. The SMILES string of the molecule is O=C(O)c1cc(Oc2ccc(Cl)c(F)c2)ccn1. The van der Waals surface area contributed by atoms with E-state index in [4.69, 9.17) is 21.4 Å². The van der Waals surface area contributed by atoms with E-state index in [0.717, 1.165) is 6.07 Å². The van der Waals surface area contributed by atoms with E-state index in [0.29, 0.717) is 0 Å². The summed E-state index contributed by atoms with van der Waals surface area (Å²) in [4.78, 5) is 14.3. The molecule has 4 nitrogen and oxygen atoms in total. The number of hydrogen-bond donors (Lipinski definition) is 1. The smallest absolute Gasteiger partial charge is 0.354 e. The van der Waals surface area contributed by atoms with E-state index in [1.807, 2.05) is 0 Å². The lowest BCUT2D eigenvalue weighted by Crippen LogP contribution is -1.99. The topological polar surface area (TPSA) is 59.4 Å². The Bertz CT molecular complexity index is 604. The molecule has 2 aromatic rings. The van der Waals surface area contributed by atoms with Crippen LogP contribution in [-0.4, -0.2) is 16.1 Å². The van der Waals surface area contributed by atoms with Crippen LogP contribution in [0.5, 0.6) is 11.5 Å². The average molecular weight is 268 g/mol. The highest BCUT2D eigenvalue weighted by molar-refractivity contribution is 6.30. The number of carboxylic acids is 1. The first kappa shape index (κ1) is 12.3. The number of rotatable bonds is 3. The molecule has 1 aromatic carbocycles. The van der Waals surface area contributed by atoms with Crippen LogP contribution in [0.4, 0.5) is 4.39 Å². The molecule has 0 spiro atoms. The molecule has 92 valence electrons. The molecule has 0 radical (unpaired) electrons. The standard InChI is InChI=1S/C12H7ClFNO3/c13-9-2-1-7(5-10(9)14)18-8-3-4-15-11(6-8)12(16)17/h1-6H,(H,16,17). The van der Waals surface area contributed by atoms with Crippen molar-refractivity contribution in [1.82, 2.24) is 4.98 Å². The van der Waals surface area contributed by atoms with Crippen LogP contribution in [0, 0.1) is 5.82 Å². The molecule has 2 rings (SSSR count). The molecule has 6 heteroatoms.